The summed E-state index contributed by atoms with van der Waals surface area (Å²) >= 11 is 11.8. The molecule has 128 valence electrons. The van der Waals surface area contributed by atoms with Gasteiger partial charge in [0.05, 0.1) is 24.6 Å². The Balaban J connectivity index is 2.08. The number of nitrogens with zero attached hydrogens (tertiary/aromatic N) is 2. The molecule has 24 heavy (non-hydrogen) atoms. The summed E-state index contributed by atoms with van der Waals surface area (Å²) in [5.74, 6) is 0.650. The van der Waals surface area contributed by atoms with Crippen molar-refractivity contribution in [2.24, 2.45) is 0 Å². The highest BCUT2D eigenvalue weighted by Crippen LogP contribution is 2.22. The zero-order chi connectivity index (χ0) is 17.5. The van der Waals surface area contributed by atoms with Gasteiger partial charge in [0.1, 0.15) is 10.3 Å². The molecule has 0 saturated heterocycles. The van der Waals surface area contributed by atoms with Crippen molar-refractivity contribution in [3.63, 3.8) is 0 Å². The first-order valence-electron chi connectivity index (χ1n) is 7.19. The molecule has 0 atom stereocenters. The van der Waals surface area contributed by atoms with Crippen molar-refractivity contribution in [3.05, 3.63) is 34.6 Å². The summed E-state index contributed by atoms with van der Waals surface area (Å²) in [5, 5.41) is 5.70. The van der Waals surface area contributed by atoms with Crippen LogP contribution in [-0.4, -0.2) is 29.2 Å². The van der Waals surface area contributed by atoms with Crippen molar-refractivity contribution < 1.29 is 14.3 Å². The molecule has 2 heterocycles. The number of pyridine rings is 2. The van der Waals surface area contributed by atoms with Gasteiger partial charge >= 0.3 is 6.03 Å². The van der Waals surface area contributed by atoms with Gasteiger partial charge in [0.2, 0.25) is 11.8 Å². The van der Waals surface area contributed by atoms with E-state index in [4.69, 9.17) is 32.7 Å². The van der Waals surface area contributed by atoms with Crippen molar-refractivity contribution in [1.29, 1.82) is 0 Å². The van der Waals surface area contributed by atoms with E-state index in [9.17, 15) is 4.79 Å². The summed E-state index contributed by atoms with van der Waals surface area (Å²) in [5.41, 5.74) is 0.891. The maximum absolute atomic E-state index is 12.1. The zero-order valence-electron chi connectivity index (χ0n) is 13.1. The number of carbonyl (C=O) groups excluding carboxylic acids is 1. The van der Waals surface area contributed by atoms with Gasteiger partial charge in [0.25, 0.3) is 0 Å². The van der Waals surface area contributed by atoms with E-state index in [-0.39, 0.29) is 10.3 Å². The van der Waals surface area contributed by atoms with Crippen LogP contribution in [0.15, 0.2) is 24.3 Å². The van der Waals surface area contributed by atoms with Crippen LogP contribution in [-0.2, 0) is 0 Å². The van der Waals surface area contributed by atoms with Crippen molar-refractivity contribution in [2.45, 2.75) is 13.8 Å². The Morgan fingerprint density at radius 1 is 0.917 bits per heavy atom. The van der Waals surface area contributed by atoms with E-state index < -0.39 is 6.03 Å². The number of ether oxygens (including phenoxy) is 2. The van der Waals surface area contributed by atoms with E-state index >= 15 is 0 Å². The molecule has 0 aliphatic heterocycles. The maximum Gasteiger partial charge on any atom is 0.323 e. The fourth-order valence-electron chi connectivity index (χ4n) is 1.83. The molecular formula is C15H16Cl2N4O3. The molecule has 0 radical (unpaired) electrons. The number of aromatic nitrogens is 2. The van der Waals surface area contributed by atoms with Crippen LogP contribution in [0.1, 0.15) is 13.8 Å². The number of carbonyl (C=O) groups is 1. The third-order valence-electron chi connectivity index (χ3n) is 2.64. The summed E-state index contributed by atoms with van der Waals surface area (Å²) in [6.07, 6.45) is 0. The van der Waals surface area contributed by atoms with E-state index in [0.29, 0.717) is 36.3 Å². The van der Waals surface area contributed by atoms with Crippen molar-refractivity contribution in [3.8, 4) is 11.8 Å². The smallest absolute Gasteiger partial charge is 0.323 e. The molecule has 0 aliphatic carbocycles. The largest absolute Gasteiger partial charge is 0.478 e. The summed E-state index contributed by atoms with van der Waals surface area (Å²) in [7, 11) is 0. The van der Waals surface area contributed by atoms with E-state index in [1.54, 1.807) is 12.1 Å². The normalized spacial score (nSPS) is 10.2. The Morgan fingerprint density at radius 2 is 1.33 bits per heavy atom. The van der Waals surface area contributed by atoms with Crippen molar-refractivity contribution >= 4 is 40.6 Å². The van der Waals surface area contributed by atoms with Crippen LogP contribution in [0.25, 0.3) is 0 Å². The number of halogens is 2. The molecule has 2 amide bonds. The van der Waals surface area contributed by atoms with E-state index in [2.05, 4.69) is 20.6 Å². The summed E-state index contributed by atoms with van der Waals surface area (Å²) in [4.78, 5) is 20.1. The minimum Gasteiger partial charge on any atom is -0.478 e. The first kappa shape index (κ1) is 18.1. The highest BCUT2D eigenvalue weighted by molar-refractivity contribution is 6.30. The fraction of sp³-hybridized carbons (Fsp3) is 0.267. The van der Waals surface area contributed by atoms with Crippen LogP contribution in [0.3, 0.4) is 0 Å². The predicted molar refractivity (Wildman–Crippen MR) is 93.5 cm³/mol. The highest BCUT2D eigenvalue weighted by atomic mass is 35.5. The molecule has 2 aromatic rings. The number of rotatable bonds is 6. The summed E-state index contributed by atoms with van der Waals surface area (Å²) < 4.78 is 10.6. The number of hydrogen-bond acceptors (Lipinski definition) is 5. The van der Waals surface area contributed by atoms with Crippen molar-refractivity contribution in [1.82, 2.24) is 9.97 Å². The topological polar surface area (TPSA) is 85.4 Å². The molecule has 2 aromatic heterocycles. The molecule has 0 bridgehead atoms. The van der Waals surface area contributed by atoms with Crippen LogP contribution in [0, 0.1) is 0 Å². The standard InChI is InChI=1S/C15H16Cl2N4O3/c1-3-23-13-7-9(5-11(16)20-13)18-15(22)19-10-6-12(17)21-14(8-10)24-4-2/h5-8H,3-4H2,1-2H3,(H2,18,19,20,21,22). The number of nitrogens with one attached hydrogen (secondary N) is 2. The van der Waals surface area contributed by atoms with Gasteiger partial charge in [0, 0.05) is 12.1 Å². The second-order valence-corrected chi connectivity index (χ2v) is 5.25. The van der Waals surface area contributed by atoms with Gasteiger partial charge in [-0.05, 0) is 26.0 Å². The highest BCUT2D eigenvalue weighted by Gasteiger charge is 2.09. The number of hydrogen-bond donors (Lipinski definition) is 2. The SMILES string of the molecule is CCOc1cc(NC(=O)Nc2cc(Cl)nc(OCC)c2)cc(Cl)n1. The van der Waals surface area contributed by atoms with Crippen LogP contribution in [0.5, 0.6) is 11.8 Å². The Labute approximate surface area is 149 Å². The second-order valence-electron chi connectivity index (χ2n) is 4.48. The summed E-state index contributed by atoms with van der Waals surface area (Å²) in [6.45, 7) is 4.53. The first-order chi connectivity index (χ1) is 11.5. The lowest BCUT2D eigenvalue weighted by Gasteiger charge is -2.11. The predicted octanol–water partition coefficient (Wildman–Crippen LogP) is 4.22. The third kappa shape index (κ3) is 5.43. The maximum atomic E-state index is 12.1. The monoisotopic (exact) mass is 370 g/mol. The number of urea groups is 1. The minimum absolute atomic E-state index is 0.210. The average Bonchev–Trinajstić information content (AvgIpc) is 2.46. The second kappa shape index (κ2) is 8.56. The van der Waals surface area contributed by atoms with Gasteiger partial charge in [0.15, 0.2) is 0 Å². The molecule has 0 aromatic carbocycles. The van der Waals surface area contributed by atoms with Crippen LogP contribution >= 0.6 is 23.2 Å². The molecule has 0 aliphatic rings. The first-order valence-corrected chi connectivity index (χ1v) is 7.94. The van der Waals surface area contributed by atoms with Crippen LogP contribution in [0.4, 0.5) is 16.2 Å². The Morgan fingerprint density at radius 3 is 1.71 bits per heavy atom. The van der Waals surface area contributed by atoms with Crippen LogP contribution < -0.4 is 20.1 Å². The van der Waals surface area contributed by atoms with E-state index in [0.717, 1.165) is 0 Å². The number of amides is 2. The molecule has 0 saturated carbocycles. The average molecular weight is 371 g/mol. The Bertz CT molecular complexity index is 668. The number of anilines is 2. The Kier molecular flexibility index (Phi) is 6.45. The van der Waals surface area contributed by atoms with Gasteiger partial charge < -0.3 is 20.1 Å². The molecule has 0 spiro atoms. The van der Waals surface area contributed by atoms with E-state index in [1.807, 2.05) is 13.8 Å². The quantitative estimate of drug-likeness (QED) is 0.743. The van der Waals surface area contributed by atoms with Gasteiger partial charge in [-0.15, -0.1) is 0 Å². The zero-order valence-corrected chi connectivity index (χ0v) is 14.6. The molecule has 2 N–H and O–H groups in total. The summed E-state index contributed by atoms with van der Waals surface area (Å²) in [6, 6.07) is 5.67. The minimum atomic E-state index is -0.482. The van der Waals surface area contributed by atoms with Gasteiger partial charge in [-0.25, -0.2) is 14.8 Å². The molecule has 0 fully saturated rings. The molecule has 0 unspecified atom stereocenters. The van der Waals surface area contributed by atoms with Gasteiger partial charge in [-0.1, -0.05) is 23.2 Å². The molecule has 9 heteroatoms. The molecule has 7 nitrogen and oxygen atoms in total. The molecular weight excluding hydrogens is 355 g/mol. The fourth-order valence-corrected chi connectivity index (χ4v) is 2.23. The third-order valence-corrected chi connectivity index (χ3v) is 3.03. The lowest BCUT2D eigenvalue weighted by atomic mass is 10.4. The lowest BCUT2D eigenvalue weighted by molar-refractivity contribution is 0.262. The van der Waals surface area contributed by atoms with Gasteiger partial charge in [-0.3, -0.25) is 0 Å². The molecule has 2 rings (SSSR count). The van der Waals surface area contributed by atoms with Gasteiger partial charge in [-0.2, -0.15) is 0 Å². The van der Waals surface area contributed by atoms with Crippen LogP contribution in [0.2, 0.25) is 10.3 Å². The van der Waals surface area contributed by atoms with E-state index in [1.165, 1.54) is 12.1 Å². The van der Waals surface area contributed by atoms with Crippen molar-refractivity contribution in [2.75, 3.05) is 23.8 Å². The Hall–Kier alpha value is -2.25. The lowest BCUT2D eigenvalue weighted by Crippen LogP contribution is -2.19.